The summed E-state index contributed by atoms with van der Waals surface area (Å²) < 4.78 is 5.31. The quantitative estimate of drug-likeness (QED) is 0.758. The SMILES string of the molecule is CC1=CC(C)CC(CNCC(C)(C)NC(=O)OC(C)(C)C)C1. The van der Waals surface area contributed by atoms with Crippen LogP contribution < -0.4 is 10.6 Å². The van der Waals surface area contributed by atoms with E-state index in [0.717, 1.165) is 13.1 Å². The normalized spacial score (nSPS) is 23.0. The van der Waals surface area contributed by atoms with Gasteiger partial charge >= 0.3 is 6.09 Å². The van der Waals surface area contributed by atoms with Crippen molar-refractivity contribution in [3.63, 3.8) is 0 Å². The van der Waals surface area contributed by atoms with Gasteiger partial charge in [-0.15, -0.1) is 0 Å². The average molecular weight is 310 g/mol. The van der Waals surface area contributed by atoms with Gasteiger partial charge in [0.1, 0.15) is 5.60 Å². The third kappa shape index (κ3) is 7.83. The van der Waals surface area contributed by atoms with Gasteiger partial charge in [-0.05, 0) is 72.8 Å². The second-order valence-corrected chi connectivity index (χ2v) is 8.44. The van der Waals surface area contributed by atoms with Gasteiger partial charge in [-0.3, -0.25) is 0 Å². The molecular formula is C18H34N2O2. The van der Waals surface area contributed by atoms with E-state index in [1.54, 1.807) is 0 Å². The summed E-state index contributed by atoms with van der Waals surface area (Å²) in [5.41, 5.74) is 0.708. The molecule has 0 fully saturated rings. The zero-order chi connectivity index (χ0) is 17.0. The molecule has 0 aromatic heterocycles. The van der Waals surface area contributed by atoms with Crippen LogP contribution in [-0.2, 0) is 4.74 Å². The van der Waals surface area contributed by atoms with Crippen LogP contribution in [0, 0.1) is 11.8 Å². The van der Waals surface area contributed by atoms with Crippen LogP contribution in [0.4, 0.5) is 4.79 Å². The van der Waals surface area contributed by atoms with Gasteiger partial charge in [0.05, 0.1) is 5.54 Å². The van der Waals surface area contributed by atoms with E-state index in [1.165, 1.54) is 18.4 Å². The molecule has 0 aliphatic heterocycles. The molecule has 1 amide bonds. The highest BCUT2D eigenvalue weighted by molar-refractivity contribution is 5.68. The standard InChI is InChI=1S/C18H34N2O2/c1-13-8-14(2)10-15(9-13)11-19-12-18(6,7)20-16(21)22-17(3,4)5/h8,13,15,19H,9-12H2,1-7H3,(H,20,21). The first-order chi connectivity index (χ1) is 9.97. The number of carbonyl (C=O) groups excluding carboxylic acids is 1. The molecule has 22 heavy (non-hydrogen) atoms. The Morgan fingerprint density at radius 2 is 1.95 bits per heavy atom. The molecule has 0 saturated heterocycles. The predicted molar refractivity (Wildman–Crippen MR) is 92.0 cm³/mol. The molecule has 0 radical (unpaired) electrons. The van der Waals surface area contributed by atoms with Crippen LogP contribution >= 0.6 is 0 Å². The minimum absolute atomic E-state index is 0.326. The van der Waals surface area contributed by atoms with E-state index in [2.05, 4.69) is 30.6 Å². The van der Waals surface area contributed by atoms with Gasteiger partial charge in [0.25, 0.3) is 0 Å². The molecule has 2 N–H and O–H groups in total. The van der Waals surface area contributed by atoms with Crippen LogP contribution in [0.25, 0.3) is 0 Å². The third-order valence-corrected chi connectivity index (χ3v) is 3.72. The maximum atomic E-state index is 11.9. The molecule has 0 aromatic carbocycles. The summed E-state index contributed by atoms with van der Waals surface area (Å²) in [6.07, 6.45) is 4.44. The lowest BCUT2D eigenvalue weighted by Gasteiger charge is -2.31. The van der Waals surface area contributed by atoms with Gasteiger partial charge in [0.15, 0.2) is 0 Å². The highest BCUT2D eigenvalue weighted by atomic mass is 16.6. The second kappa shape index (κ2) is 7.49. The fourth-order valence-electron chi connectivity index (χ4n) is 3.05. The zero-order valence-corrected chi connectivity index (χ0v) is 15.4. The van der Waals surface area contributed by atoms with Crippen molar-refractivity contribution in [2.45, 2.75) is 72.4 Å². The van der Waals surface area contributed by atoms with Crippen molar-refractivity contribution >= 4 is 6.09 Å². The lowest BCUT2D eigenvalue weighted by Crippen LogP contribution is -2.52. The molecule has 2 atom stereocenters. The van der Waals surface area contributed by atoms with Gasteiger partial charge in [0, 0.05) is 6.54 Å². The molecular weight excluding hydrogens is 276 g/mol. The van der Waals surface area contributed by atoms with E-state index in [4.69, 9.17) is 4.74 Å². The summed E-state index contributed by atoms with van der Waals surface area (Å²) in [7, 11) is 0. The van der Waals surface area contributed by atoms with E-state index in [1.807, 2.05) is 34.6 Å². The number of hydrogen-bond acceptors (Lipinski definition) is 3. The van der Waals surface area contributed by atoms with Gasteiger partial charge in [-0.25, -0.2) is 4.79 Å². The zero-order valence-electron chi connectivity index (χ0n) is 15.4. The monoisotopic (exact) mass is 310 g/mol. The third-order valence-electron chi connectivity index (χ3n) is 3.72. The molecule has 1 aliphatic carbocycles. The number of rotatable bonds is 5. The van der Waals surface area contributed by atoms with Crippen LogP contribution in [0.1, 0.15) is 61.3 Å². The van der Waals surface area contributed by atoms with Crippen LogP contribution in [-0.4, -0.2) is 30.3 Å². The summed E-state index contributed by atoms with van der Waals surface area (Å²) in [5, 5.41) is 6.44. The Kier molecular flexibility index (Phi) is 6.48. The largest absolute Gasteiger partial charge is 0.444 e. The fourth-order valence-corrected chi connectivity index (χ4v) is 3.05. The molecule has 0 saturated carbocycles. The van der Waals surface area contributed by atoms with Crippen molar-refractivity contribution in [3.05, 3.63) is 11.6 Å². The molecule has 1 aliphatic rings. The molecule has 1 rings (SSSR count). The number of carbonyl (C=O) groups is 1. The van der Waals surface area contributed by atoms with E-state index in [9.17, 15) is 4.79 Å². The summed E-state index contributed by atoms with van der Waals surface area (Å²) in [5.74, 6) is 1.37. The van der Waals surface area contributed by atoms with Crippen LogP contribution in [0.3, 0.4) is 0 Å². The molecule has 2 unspecified atom stereocenters. The lowest BCUT2D eigenvalue weighted by atomic mass is 9.83. The minimum atomic E-state index is -0.463. The van der Waals surface area contributed by atoms with Crippen LogP contribution in [0.5, 0.6) is 0 Å². The predicted octanol–water partition coefficient (Wildman–Crippen LogP) is 3.87. The Morgan fingerprint density at radius 3 is 2.50 bits per heavy atom. The smallest absolute Gasteiger partial charge is 0.408 e. The van der Waals surface area contributed by atoms with Crippen molar-refractivity contribution in [2.75, 3.05) is 13.1 Å². The highest BCUT2D eigenvalue weighted by Gasteiger charge is 2.25. The van der Waals surface area contributed by atoms with E-state index >= 15 is 0 Å². The van der Waals surface area contributed by atoms with Gasteiger partial charge in [-0.1, -0.05) is 18.6 Å². The Hall–Kier alpha value is -1.03. The molecule has 128 valence electrons. The summed E-state index contributed by atoms with van der Waals surface area (Å²) in [4.78, 5) is 11.9. The maximum Gasteiger partial charge on any atom is 0.408 e. The second-order valence-electron chi connectivity index (χ2n) is 8.44. The number of allylic oxidation sites excluding steroid dienone is 2. The topological polar surface area (TPSA) is 50.4 Å². The first kappa shape index (κ1) is 19.0. The maximum absolute atomic E-state index is 11.9. The van der Waals surface area contributed by atoms with E-state index in [-0.39, 0.29) is 11.6 Å². The van der Waals surface area contributed by atoms with E-state index in [0.29, 0.717) is 11.8 Å². The number of amides is 1. The molecule has 0 spiro atoms. The Morgan fingerprint density at radius 1 is 1.32 bits per heavy atom. The van der Waals surface area contributed by atoms with E-state index < -0.39 is 5.60 Å². The number of alkyl carbamates (subject to hydrolysis) is 1. The van der Waals surface area contributed by atoms with Crippen molar-refractivity contribution in [3.8, 4) is 0 Å². The van der Waals surface area contributed by atoms with Gasteiger partial charge < -0.3 is 15.4 Å². The van der Waals surface area contributed by atoms with Crippen molar-refractivity contribution in [1.29, 1.82) is 0 Å². The Bertz CT molecular complexity index is 408. The summed E-state index contributed by atoms with van der Waals surface area (Å²) >= 11 is 0. The van der Waals surface area contributed by atoms with Crippen molar-refractivity contribution < 1.29 is 9.53 Å². The molecule has 0 heterocycles. The summed E-state index contributed by atoms with van der Waals surface area (Å²) in [6, 6.07) is 0. The lowest BCUT2D eigenvalue weighted by molar-refractivity contribution is 0.0471. The number of nitrogens with one attached hydrogen (secondary N) is 2. The van der Waals surface area contributed by atoms with Crippen LogP contribution in [0.15, 0.2) is 11.6 Å². The van der Waals surface area contributed by atoms with Gasteiger partial charge in [-0.2, -0.15) is 0 Å². The molecule has 0 bridgehead atoms. The average Bonchev–Trinajstić information content (AvgIpc) is 2.22. The van der Waals surface area contributed by atoms with Crippen LogP contribution in [0.2, 0.25) is 0 Å². The molecule has 4 nitrogen and oxygen atoms in total. The van der Waals surface area contributed by atoms with Crippen molar-refractivity contribution in [1.82, 2.24) is 10.6 Å². The van der Waals surface area contributed by atoms with Gasteiger partial charge in [0.2, 0.25) is 0 Å². The summed E-state index contributed by atoms with van der Waals surface area (Å²) in [6.45, 7) is 15.9. The first-order valence-corrected chi connectivity index (χ1v) is 8.36. The number of ether oxygens (including phenoxy) is 1. The number of hydrogen-bond donors (Lipinski definition) is 2. The highest BCUT2D eigenvalue weighted by Crippen LogP contribution is 2.27. The van der Waals surface area contributed by atoms with Crippen molar-refractivity contribution in [2.24, 2.45) is 11.8 Å². The fraction of sp³-hybridized carbons (Fsp3) is 0.833. The molecule has 4 heteroatoms. The Balaban J connectivity index is 2.33. The Labute approximate surface area is 136 Å². The minimum Gasteiger partial charge on any atom is -0.444 e. The molecule has 0 aromatic rings. The first-order valence-electron chi connectivity index (χ1n) is 8.36.